The first-order valence-corrected chi connectivity index (χ1v) is 8.07. The Morgan fingerprint density at radius 3 is 1.52 bits per heavy atom. The second kappa shape index (κ2) is 8.06. The molecule has 0 saturated heterocycles. The van der Waals surface area contributed by atoms with Crippen LogP contribution >= 0.6 is 22.7 Å². The molecule has 4 amide bonds. The fourth-order valence-corrected chi connectivity index (χ4v) is 2.66. The van der Waals surface area contributed by atoms with Crippen molar-refractivity contribution in [2.45, 2.75) is 6.42 Å². The molecular formula is C13H12N4O4S2. The first-order valence-electron chi connectivity index (χ1n) is 6.31. The van der Waals surface area contributed by atoms with Gasteiger partial charge in [-0.15, -0.1) is 22.7 Å². The van der Waals surface area contributed by atoms with Gasteiger partial charge in [0.05, 0.1) is 9.75 Å². The zero-order chi connectivity index (χ0) is 16.7. The molecule has 0 saturated carbocycles. The van der Waals surface area contributed by atoms with E-state index in [2.05, 4.69) is 21.7 Å². The molecule has 0 aromatic carbocycles. The molecule has 2 aromatic heterocycles. The van der Waals surface area contributed by atoms with Crippen molar-refractivity contribution < 1.29 is 19.2 Å². The Bertz CT molecular complexity index is 637. The molecule has 10 heteroatoms. The predicted octanol–water partition coefficient (Wildman–Crippen LogP) is 0.422. The second-order valence-electron chi connectivity index (χ2n) is 4.14. The van der Waals surface area contributed by atoms with Gasteiger partial charge in [0.1, 0.15) is 6.42 Å². The molecule has 0 bridgehead atoms. The summed E-state index contributed by atoms with van der Waals surface area (Å²) in [5.41, 5.74) is 8.59. The van der Waals surface area contributed by atoms with Gasteiger partial charge in [0.25, 0.3) is 11.8 Å². The quantitative estimate of drug-likeness (QED) is 0.471. The lowest BCUT2D eigenvalue weighted by Crippen LogP contribution is -2.46. The molecule has 4 N–H and O–H groups in total. The fraction of sp³-hybridized carbons (Fsp3) is 0.0769. The SMILES string of the molecule is O=C(CC(=O)NNC(=O)c1cccs1)NNC(=O)c1cccs1. The Morgan fingerprint density at radius 1 is 0.739 bits per heavy atom. The Hall–Kier alpha value is -2.72. The number of thiophene rings is 2. The van der Waals surface area contributed by atoms with Crippen LogP contribution in [-0.2, 0) is 9.59 Å². The number of rotatable bonds is 4. The lowest BCUT2D eigenvalue weighted by molar-refractivity contribution is -0.130. The molecule has 0 atom stereocenters. The van der Waals surface area contributed by atoms with Crippen molar-refractivity contribution in [3.8, 4) is 0 Å². The predicted molar refractivity (Wildman–Crippen MR) is 84.5 cm³/mol. The van der Waals surface area contributed by atoms with Gasteiger partial charge in [0, 0.05) is 0 Å². The number of carbonyl (C=O) groups is 4. The summed E-state index contributed by atoms with van der Waals surface area (Å²) in [6.07, 6.45) is -0.546. The zero-order valence-corrected chi connectivity index (χ0v) is 13.3. The van der Waals surface area contributed by atoms with E-state index in [0.717, 1.165) is 0 Å². The minimum absolute atomic E-state index is 0.429. The van der Waals surface area contributed by atoms with Gasteiger partial charge in [0.15, 0.2) is 0 Å². The third-order valence-electron chi connectivity index (χ3n) is 2.44. The molecule has 120 valence electrons. The third-order valence-corrected chi connectivity index (χ3v) is 4.18. The van der Waals surface area contributed by atoms with Crippen LogP contribution in [0.25, 0.3) is 0 Å². The van der Waals surface area contributed by atoms with Crippen molar-refractivity contribution in [2.24, 2.45) is 0 Å². The number of amides is 4. The molecule has 2 aromatic rings. The molecule has 0 unspecified atom stereocenters. The highest BCUT2D eigenvalue weighted by Gasteiger charge is 2.13. The van der Waals surface area contributed by atoms with Gasteiger partial charge >= 0.3 is 0 Å². The summed E-state index contributed by atoms with van der Waals surface area (Å²) in [7, 11) is 0. The van der Waals surface area contributed by atoms with Crippen LogP contribution in [0.15, 0.2) is 35.0 Å². The number of hydrogen-bond acceptors (Lipinski definition) is 6. The summed E-state index contributed by atoms with van der Waals surface area (Å²) in [5, 5.41) is 3.45. The maximum atomic E-state index is 11.6. The van der Waals surface area contributed by atoms with Crippen LogP contribution in [0.5, 0.6) is 0 Å². The minimum atomic E-state index is -0.710. The van der Waals surface area contributed by atoms with Crippen molar-refractivity contribution in [2.75, 3.05) is 0 Å². The standard InChI is InChI=1S/C13H12N4O4S2/c18-10(14-16-12(20)8-3-1-5-22-8)7-11(19)15-17-13(21)9-4-2-6-23-9/h1-6H,7H2,(H,14,18)(H,15,19)(H,16,20)(H,17,21). The zero-order valence-electron chi connectivity index (χ0n) is 11.6. The largest absolute Gasteiger partial charge is 0.279 e. The maximum absolute atomic E-state index is 11.6. The normalized spacial score (nSPS) is 9.74. The molecule has 2 heterocycles. The Kier molecular flexibility index (Phi) is 5.83. The summed E-state index contributed by atoms with van der Waals surface area (Å²) in [6.45, 7) is 0. The molecule has 8 nitrogen and oxygen atoms in total. The molecule has 0 aliphatic carbocycles. The van der Waals surface area contributed by atoms with Gasteiger partial charge in [-0.05, 0) is 22.9 Å². The number of carbonyl (C=O) groups excluding carboxylic acids is 4. The minimum Gasteiger partial charge on any atom is -0.273 e. The van der Waals surface area contributed by atoms with E-state index in [9.17, 15) is 19.2 Å². The number of hydrogen-bond donors (Lipinski definition) is 4. The van der Waals surface area contributed by atoms with Gasteiger partial charge in [0.2, 0.25) is 11.8 Å². The highest BCUT2D eigenvalue weighted by atomic mass is 32.1. The van der Waals surface area contributed by atoms with Crippen LogP contribution in [-0.4, -0.2) is 23.6 Å². The fourth-order valence-electron chi connectivity index (χ4n) is 1.43. The van der Waals surface area contributed by atoms with Crippen LogP contribution in [0.4, 0.5) is 0 Å². The topological polar surface area (TPSA) is 116 Å². The van der Waals surface area contributed by atoms with E-state index in [-0.39, 0.29) is 0 Å². The summed E-state index contributed by atoms with van der Waals surface area (Å²) >= 11 is 2.43. The highest BCUT2D eigenvalue weighted by molar-refractivity contribution is 7.12. The van der Waals surface area contributed by atoms with E-state index in [0.29, 0.717) is 9.75 Å². The van der Waals surface area contributed by atoms with E-state index in [4.69, 9.17) is 0 Å². The molecule has 0 radical (unpaired) electrons. The number of nitrogens with one attached hydrogen (secondary N) is 4. The van der Waals surface area contributed by atoms with Crippen molar-refractivity contribution in [1.29, 1.82) is 0 Å². The molecule has 0 fully saturated rings. The summed E-state index contributed by atoms with van der Waals surface area (Å²) < 4.78 is 0. The third kappa shape index (κ3) is 5.20. The van der Waals surface area contributed by atoms with Crippen molar-refractivity contribution >= 4 is 46.3 Å². The lowest BCUT2D eigenvalue weighted by atomic mass is 10.4. The van der Waals surface area contributed by atoms with E-state index >= 15 is 0 Å². The van der Waals surface area contributed by atoms with Crippen molar-refractivity contribution in [3.05, 3.63) is 44.8 Å². The average Bonchev–Trinajstić information content (AvgIpc) is 3.22. The lowest BCUT2D eigenvalue weighted by Gasteiger charge is -2.07. The van der Waals surface area contributed by atoms with Gasteiger partial charge in [-0.25, -0.2) is 0 Å². The van der Waals surface area contributed by atoms with Gasteiger partial charge in [-0.3, -0.25) is 40.9 Å². The Balaban J connectivity index is 1.67. The molecule has 0 aliphatic heterocycles. The van der Waals surface area contributed by atoms with Gasteiger partial charge in [-0.1, -0.05) is 12.1 Å². The Labute approximate surface area is 138 Å². The summed E-state index contributed by atoms with van der Waals surface area (Å²) in [4.78, 5) is 47.0. The molecule has 0 spiro atoms. The maximum Gasteiger partial charge on any atom is 0.279 e. The van der Waals surface area contributed by atoms with E-state index in [1.54, 1.807) is 35.0 Å². The van der Waals surface area contributed by atoms with Crippen LogP contribution in [0.1, 0.15) is 25.8 Å². The number of hydrazine groups is 2. The summed E-state index contributed by atoms with van der Waals surface area (Å²) in [6, 6.07) is 6.59. The van der Waals surface area contributed by atoms with Crippen LogP contribution in [0.3, 0.4) is 0 Å². The smallest absolute Gasteiger partial charge is 0.273 e. The van der Waals surface area contributed by atoms with Crippen LogP contribution < -0.4 is 21.7 Å². The van der Waals surface area contributed by atoms with E-state index in [1.165, 1.54) is 22.7 Å². The van der Waals surface area contributed by atoms with E-state index < -0.39 is 30.0 Å². The molecule has 23 heavy (non-hydrogen) atoms. The monoisotopic (exact) mass is 352 g/mol. The van der Waals surface area contributed by atoms with Gasteiger partial charge < -0.3 is 0 Å². The van der Waals surface area contributed by atoms with Crippen molar-refractivity contribution in [3.63, 3.8) is 0 Å². The Morgan fingerprint density at radius 2 is 1.17 bits per heavy atom. The van der Waals surface area contributed by atoms with Crippen LogP contribution in [0.2, 0.25) is 0 Å². The highest BCUT2D eigenvalue weighted by Crippen LogP contribution is 2.07. The molecular weight excluding hydrogens is 340 g/mol. The van der Waals surface area contributed by atoms with Crippen molar-refractivity contribution in [1.82, 2.24) is 21.7 Å². The van der Waals surface area contributed by atoms with Gasteiger partial charge in [-0.2, -0.15) is 0 Å². The van der Waals surface area contributed by atoms with Crippen LogP contribution in [0, 0.1) is 0 Å². The summed E-state index contributed by atoms with van der Waals surface area (Å²) in [5.74, 6) is -2.37. The molecule has 2 rings (SSSR count). The first kappa shape index (κ1) is 16.6. The molecule has 0 aliphatic rings. The average molecular weight is 352 g/mol. The van der Waals surface area contributed by atoms with E-state index in [1.807, 2.05) is 0 Å². The first-order chi connectivity index (χ1) is 11.1. The second-order valence-corrected chi connectivity index (χ2v) is 6.03.